The van der Waals surface area contributed by atoms with Crippen LogP contribution in [-0.2, 0) is 0 Å². The van der Waals surface area contributed by atoms with Crippen molar-refractivity contribution in [2.75, 3.05) is 7.05 Å². The van der Waals surface area contributed by atoms with E-state index in [-0.39, 0.29) is 12.1 Å². The highest BCUT2D eigenvalue weighted by Crippen LogP contribution is 2.33. The van der Waals surface area contributed by atoms with Crippen LogP contribution in [0, 0.1) is 0 Å². The number of hydrogen-bond acceptors (Lipinski definition) is 2. The van der Waals surface area contributed by atoms with E-state index in [0.717, 1.165) is 22.7 Å². The van der Waals surface area contributed by atoms with Crippen molar-refractivity contribution in [2.45, 2.75) is 39.5 Å². The molecule has 0 aromatic rings. The second-order valence-electron chi connectivity index (χ2n) is 3.84. The maximum Gasteiger partial charge on any atom is 0.276 e. The number of thioether (sulfide) groups is 1. The van der Waals surface area contributed by atoms with Crippen LogP contribution >= 0.6 is 11.8 Å². The van der Waals surface area contributed by atoms with Gasteiger partial charge in [-0.25, -0.2) is 8.78 Å². The smallest absolute Gasteiger partial charge is 0.276 e. The van der Waals surface area contributed by atoms with Gasteiger partial charge in [0.2, 0.25) is 0 Å². The minimum absolute atomic E-state index is 0.111. The number of alkyl halides is 2. The van der Waals surface area contributed by atoms with Crippen molar-refractivity contribution in [3.05, 3.63) is 34.6 Å². The first kappa shape index (κ1) is 17.1. The first-order valence-corrected chi connectivity index (χ1v) is 6.71. The number of allylic oxidation sites excluding steroid dienone is 3. The lowest BCUT2D eigenvalue weighted by Gasteiger charge is -2.12. The summed E-state index contributed by atoms with van der Waals surface area (Å²) in [5, 5.41) is 0. The third-order valence-electron chi connectivity index (χ3n) is 2.33. The van der Waals surface area contributed by atoms with Gasteiger partial charge in [0.05, 0.1) is 5.71 Å². The molecule has 0 spiro atoms. The Morgan fingerprint density at radius 2 is 2.00 bits per heavy atom. The second kappa shape index (κ2) is 9.09. The Morgan fingerprint density at radius 1 is 1.39 bits per heavy atom. The van der Waals surface area contributed by atoms with Crippen molar-refractivity contribution in [3.63, 3.8) is 0 Å². The number of halogens is 2. The highest BCUT2D eigenvalue weighted by Gasteiger charge is 2.15. The van der Waals surface area contributed by atoms with Gasteiger partial charge in [-0.15, -0.1) is 0 Å². The van der Waals surface area contributed by atoms with Crippen LogP contribution in [0.25, 0.3) is 0 Å². The minimum atomic E-state index is -2.52. The summed E-state index contributed by atoms with van der Waals surface area (Å²) in [7, 11) is 1.38. The summed E-state index contributed by atoms with van der Waals surface area (Å²) in [6.07, 6.45) is 1.41. The zero-order valence-corrected chi connectivity index (χ0v) is 12.1. The maximum absolute atomic E-state index is 12.6. The molecule has 0 bridgehead atoms. The van der Waals surface area contributed by atoms with E-state index in [2.05, 4.69) is 25.1 Å². The van der Waals surface area contributed by atoms with Crippen molar-refractivity contribution in [3.8, 4) is 0 Å². The predicted molar refractivity (Wildman–Crippen MR) is 78.5 cm³/mol. The largest absolute Gasteiger partial charge is 0.291 e. The Labute approximate surface area is 113 Å². The molecular formula is C14H21F2NS. The van der Waals surface area contributed by atoms with Crippen LogP contribution in [0.4, 0.5) is 8.78 Å². The SMILES string of the molecule is C=C(CCC)S/C(=C\C)C(=C)C/C(=N\C)C(F)F. The summed E-state index contributed by atoms with van der Waals surface area (Å²) < 4.78 is 25.2. The van der Waals surface area contributed by atoms with Crippen molar-refractivity contribution in [1.29, 1.82) is 0 Å². The normalized spacial score (nSPS) is 13.0. The van der Waals surface area contributed by atoms with E-state index >= 15 is 0 Å². The fraction of sp³-hybridized carbons (Fsp3) is 0.500. The molecule has 0 rings (SSSR count). The van der Waals surface area contributed by atoms with Gasteiger partial charge in [0.15, 0.2) is 0 Å². The number of rotatable bonds is 8. The Hall–Kier alpha value is -0.900. The Balaban J connectivity index is 4.60. The molecule has 0 atom stereocenters. The number of nitrogens with zero attached hydrogens (tertiary/aromatic N) is 1. The zero-order chi connectivity index (χ0) is 14.1. The third-order valence-corrected chi connectivity index (χ3v) is 3.56. The monoisotopic (exact) mass is 273 g/mol. The van der Waals surface area contributed by atoms with Gasteiger partial charge in [-0.2, -0.15) is 0 Å². The second-order valence-corrected chi connectivity index (χ2v) is 5.06. The van der Waals surface area contributed by atoms with E-state index in [1.807, 2.05) is 13.0 Å². The summed E-state index contributed by atoms with van der Waals surface area (Å²) >= 11 is 1.51. The fourth-order valence-electron chi connectivity index (χ4n) is 1.38. The first-order chi connectivity index (χ1) is 8.46. The van der Waals surface area contributed by atoms with Gasteiger partial charge in [-0.3, -0.25) is 4.99 Å². The summed E-state index contributed by atoms with van der Waals surface area (Å²) in [5.74, 6) is 0. The molecule has 0 aromatic carbocycles. The van der Waals surface area contributed by atoms with Crippen LogP contribution in [0.3, 0.4) is 0 Å². The van der Waals surface area contributed by atoms with E-state index in [1.54, 1.807) is 0 Å². The fourth-order valence-corrected chi connectivity index (χ4v) is 2.33. The van der Waals surface area contributed by atoms with Crippen LogP contribution in [-0.4, -0.2) is 19.2 Å². The van der Waals surface area contributed by atoms with E-state index in [0.29, 0.717) is 5.57 Å². The lowest BCUT2D eigenvalue weighted by Crippen LogP contribution is -2.11. The molecule has 0 saturated heterocycles. The molecule has 0 amide bonds. The third kappa shape index (κ3) is 6.15. The molecule has 4 heteroatoms. The molecular weight excluding hydrogens is 252 g/mol. The number of aliphatic imine (C=N–C) groups is 1. The molecule has 0 aromatic heterocycles. The summed E-state index contributed by atoms with van der Waals surface area (Å²) in [6, 6.07) is 0. The van der Waals surface area contributed by atoms with Crippen molar-refractivity contribution >= 4 is 17.5 Å². The van der Waals surface area contributed by atoms with Gasteiger partial charge in [0, 0.05) is 18.4 Å². The van der Waals surface area contributed by atoms with Crippen molar-refractivity contribution < 1.29 is 8.78 Å². The van der Waals surface area contributed by atoms with Crippen LogP contribution in [0.15, 0.2) is 39.6 Å². The molecule has 0 unspecified atom stereocenters. The standard InChI is InChI=1S/C14H21F2NS/c1-6-8-11(4)18-13(7-2)10(3)9-12(17-5)14(15)16/h7,14H,3-4,6,8-9H2,1-2,5H3/b13-7-,17-12+. The highest BCUT2D eigenvalue weighted by atomic mass is 32.2. The van der Waals surface area contributed by atoms with E-state index in [1.165, 1.54) is 18.8 Å². The van der Waals surface area contributed by atoms with Crippen molar-refractivity contribution in [2.24, 2.45) is 4.99 Å². The summed E-state index contributed by atoms with van der Waals surface area (Å²) in [6.45, 7) is 11.8. The lowest BCUT2D eigenvalue weighted by atomic mass is 10.1. The quantitative estimate of drug-likeness (QED) is 0.436. The molecule has 102 valence electrons. The summed E-state index contributed by atoms with van der Waals surface area (Å²) in [4.78, 5) is 5.53. The van der Waals surface area contributed by atoms with Crippen LogP contribution in [0.5, 0.6) is 0 Å². The maximum atomic E-state index is 12.6. The van der Waals surface area contributed by atoms with E-state index < -0.39 is 6.43 Å². The van der Waals surface area contributed by atoms with Gasteiger partial charge in [0.25, 0.3) is 6.43 Å². The molecule has 0 N–H and O–H groups in total. The minimum Gasteiger partial charge on any atom is -0.291 e. The summed E-state index contributed by atoms with van der Waals surface area (Å²) in [5.41, 5.74) is 0.543. The Kier molecular flexibility index (Phi) is 8.63. The Morgan fingerprint density at radius 3 is 2.39 bits per heavy atom. The number of hydrogen-bond donors (Lipinski definition) is 0. The predicted octanol–water partition coefficient (Wildman–Crippen LogP) is 5.22. The molecule has 1 nitrogen and oxygen atoms in total. The molecule has 18 heavy (non-hydrogen) atoms. The average Bonchev–Trinajstić information content (AvgIpc) is 2.32. The lowest BCUT2D eigenvalue weighted by molar-refractivity contribution is 0.223. The zero-order valence-electron chi connectivity index (χ0n) is 11.3. The van der Waals surface area contributed by atoms with Gasteiger partial charge in [-0.05, 0) is 23.8 Å². The molecule has 0 fully saturated rings. The van der Waals surface area contributed by atoms with Crippen LogP contribution < -0.4 is 0 Å². The van der Waals surface area contributed by atoms with Gasteiger partial charge in [0.1, 0.15) is 0 Å². The highest BCUT2D eigenvalue weighted by molar-refractivity contribution is 8.06. The topological polar surface area (TPSA) is 12.4 Å². The molecule has 0 aliphatic heterocycles. The van der Waals surface area contributed by atoms with Gasteiger partial charge in [-0.1, -0.05) is 44.3 Å². The molecule has 0 heterocycles. The van der Waals surface area contributed by atoms with Gasteiger partial charge < -0.3 is 0 Å². The van der Waals surface area contributed by atoms with Crippen LogP contribution in [0.1, 0.15) is 33.1 Å². The van der Waals surface area contributed by atoms with Crippen LogP contribution in [0.2, 0.25) is 0 Å². The molecule has 0 aliphatic carbocycles. The van der Waals surface area contributed by atoms with Gasteiger partial charge >= 0.3 is 0 Å². The van der Waals surface area contributed by atoms with Crippen molar-refractivity contribution in [1.82, 2.24) is 0 Å². The van der Waals surface area contributed by atoms with E-state index in [9.17, 15) is 8.78 Å². The van der Waals surface area contributed by atoms with E-state index in [4.69, 9.17) is 0 Å². The molecule has 0 saturated carbocycles. The molecule has 0 radical (unpaired) electrons. The Bertz CT molecular complexity index is 357. The molecule has 0 aliphatic rings. The average molecular weight is 273 g/mol. The first-order valence-electron chi connectivity index (χ1n) is 5.90.